The van der Waals surface area contributed by atoms with Crippen molar-refractivity contribution in [1.82, 2.24) is 10.2 Å². The molecule has 7 nitrogen and oxygen atoms in total. The molecule has 0 radical (unpaired) electrons. The summed E-state index contributed by atoms with van der Waals surface area (Å²) < 4.78 is 5.60. The van der Waals surface area contributed by atoms with Crippen molar-refractivity contribution in [3.63, 3.8) is 0 Å². The number of benzene rings is 2. The molecule has 1 saturated heterocycles. The SMILES string of the molecule is CC(CCCC(=O)N1CC[C@@H](C(=O)O)C[C@H]1C)NC(=O)OCC1c2ccccc2-c2ccccc21. The number of nitrogens with one attached hydrogen (secondary N) is 1. The van der Waals surface area contributed by atoms with Crippen LogP contribution in [0, 0.1) is 5.92 Å². The first kappa shape index (κ1) is 24.8. The van der Waals surface area contributed by atoms with Gasteiger partial charge in [0.25, 0.3) is 0 Å². The minimum atomic E-state index is -0.780. The molecule has 2 aromatic rings. The summed E-state index contributed by atoms with van der Waals surface area (Å²) in [5, 5.41) is 12.1. The number of carbonyl (C=O) groups excluding carboxylic acids is 2. The highest BCUT2D eigenvalue weighted by atomic mass is 16.5. The zero-order chi connectivity index (χ0) is 24.9. The number of carboxylic acid groups (broad SMARTS) is 1. The second-order valence-corrected chi connectivity index (χ2v) is 9.76. The first-order chi connectivity index (χ1) is 16.8. The zero-order valence-electron chi connectivity index (χ0n) is 20.4. The molecule has 7 heteroatoms. The molecule has 35 heavy (non-hydrogen) atoms. The van der Waals surface area contributed by atoms with Crippen molar-refractivity contribution in [3.8, 4) is 11.1 Å². The molecule has 1 unspecified atom stereocenters. The monoisotopic (exact) mass is 478 g/mol. The summed E-state index contributed by atoms with van der Waals surface area (Å²) in [6.07, 6.45) is 2.26. The molecule has 1 aliphatic carbocycles. The van der Waals surface area contributed by atoms with Gasteiger partial charge in [-0.2, -0.15) is 0 Å². The van der Waals surface area contributed by atoms with Gasteiger partial charge in [0, 0.05) is 31.0 Å². The molecular formula is C28H34N2O5. The second-order valence-electron chi connectivity index (χ2n) is 9.76. The summed E-state index contributed by atoms with van der Waals surface area (Å²) in [5.74, 6) is -1.07. The molecular weight excluding hydrogens is 444 g/mol. The predicted octanol–water partition coefficient (Wildman–Crippen LogP) is 4.80. The Hall–Kier alpha value is -3.35. The van der Waals surface area contributed by atoms with Gasteiger partial charge in [-0.1, -0.05) is 48.5 Å². The van der Waals surface area contributed by atoms with Crippen LogP contribution < -0.4 is 5.32 Å². The van der Waals surface area contributed by atoms with E-state index in [4.69, 9.17) is 4.74 Å². The number of amides is 2. The van der Waals surface area contributed by atoms with Gasteiger partial charge in [0.1, 0.15) is 6.61 Å². The smallest absolute Gasteiger partial charge is 0.407 e. The van der Waals surface area contributed by atoms with Crippen LogP contribution in [0.4, 0.5) is 4.79 Å². The number of alkyl carbamates (subject to hydrolysis) is 1. The molecule has 2 N–H and O–H groups in total. The van der Waals surface area contributed by atoms with Gasteiger partial charge >= 0.3 is 12.1 Å². The molecule has 186 valence electrons. The highest BCUT2D eigenvalue weighted by Crippen LogP contribution is 2.44. The van der Waals surface area contributed by atoms with Crippen molar-refractivity contribution in [1.29, 1.82) is 0 Å². The van der Waals surface area contributed by atoms with Gasteiger partial charge in [-0.3, -0.25) is 9.59 Å². The molecule has 1 fully saturated rings. The fraction of sp³-hybridized carbons (Fsp3) is 0.464. The summed E-state index contributed by atoms with van der Waals surface area (Å²) in [5.41, 5.74) is 4.73. The van der Waals surface area contributed by atoms with Crippen molar-refractivity contribution in [3.05, 3.63) is 59.7 Å². The fourth-order valence-corrected chi connectivity index (χ4v) is 5.38. The Morgan fingerprint density at radius 2 is 1.71 bits per heavy atom. The van der Waals surface area contributed by atoms with Crippen LogP contribution in [-0.4, -0.2) is 53.2 Å². The summed E-state index contributed by atoms with van der Waals surface area (Å²) in [6, 6.07) is 16.3. The van der Waals surface area contributed by atoms with E-state index in [1.54, 1.807) is 4.90 Å². The molecule has 3 atom stereocenters. The van der Waals surface area contributed by atoms with Crippen molar-refractivity contribution in [2.45, 2.75) is 64.0 Å². The van der Waals surface area contributed by atoms with E-state index in [-0.39, 0.29) is 36.4 Å². The number of carbonyl (C=O) groups is 3. The van der Waals surface area contributed by atoms with E-state index >= 15 is 0 Å². The summed E-state index contributed by atoms with van der Waals surface area (Å²) in [7, 11) is 0. The predicted molar refractivity (Wildman–Crippen MR) is 133 cm³/mol. The molecule has 0 aromatic heterocycles. The maximum Gasteiger partial charge on any atom is 0.407 e. The van der Waals surface area contributed by atoms with Gasteiger partial charge in [-0.15, -0.1) is 0 Å². The normalized spacial score (nSPS) is 20.0. The van der Waals surface area contributed by atoms with E-state index in [0.29, 0.717) is 38.6 Å². The Balaban J connectivity index is 1.20. The molecule has 2 amide bonds. The highest BCUT2D eigenvalue weighted by Gasteiger charge is 2.32. The molecule has 1 heterocycles. The van der Waals surface area contributed by atoms with Crippen LogP contribution in [0.5, 0.6) is 0 Å². The molecule has 4 rings (SSSR count). The quantitative estimate of drug-likeness (QED) is 0.568. The Morgan fingerprint density at radius 1 is 1.09 bits per heavy atom. The number of likely N-dealkylation sites (tertiary alicyclic amines) is 1. The van der Waals surface area contributed by atoms with Crippen molar-refractivity contribution < 1.29 is 24.2 Å². The fourth-order valence-electron chi connectivity index (χ4n) is 5.38. The Labute approximate surface area is 206 Å². The lowest BCUT2D eigenvalue weighted by Gasteiger charge is -2.36. The van der Waals surface area contributed by atoms with Crippen molar-refractivity contribution in [2.75, 3.05) is 13.2 Å². The first-order valence-corrected chi connectivity index (χ1v) is 12.5. The average Bonchev–Trinajstić information content (AvgIpc) is 3.16. The maximum atomic E-state index is 12.6. The van der Waals surface area contributed by atoms with Gasteiger partial charge in [-0.05, 0) is 61.8 Å². The van der Waals surface area contributed by atoms with Gasteiger partial charge < -0.3 is 20.1 Å². The molecule has 1 aliphatic heterocycles. The van der Waals surface area contributed by atoms with E-state index in [1.165, 1.54) is 22.3 Å². The number of nitrogens with zero attached hydrogens (tertiary/aromatic N) is 1. The van der Waals surface area contributed by atoms with E-state index in [0.717, 1.165) is 0 Å². The minimum Gasteiger partial charge on any atom is -0.481 e. The molecule has 0 saturated carbocycles. The summed E-state index contributed by atoms with van der Waals surface area (Å²) in [4.78, 5) is 38.0. The minimum absolute atomic E-state index is 0.0216. The van der Waals surface area contributed by atoms with Crippen LogP contribution >= 0.6 is 0 Å². The molecule has 0 bridgehead atoms. The largest absolute Gasteiger partial charge is 0.481 e. The Kier molecular flexibility index (Phi) is 7.73. The number of piperidine rings is 1. The summed E-state index contributed by atoms with van der Waals surface area (Å²) in [6.45, 7) is 4.58. The number of fused-ring (bicyclic) bond motifs is 3. The Bertz CT molecular complexity index is 1040. The van der Waals surface area contributed by atoms with Crippen LogP contribution in [0.25, 0.3) is 11.1 Å². The average molecular weight is 479 g/mol. The van der Waals surface area contributed by atoms with Gasteiger partial charge in [-0.25, -0.2) is 4.79 Å². The van der Waals surface area contributed by atoms with Crippen LogP contribution in [0.2, 0.25) is 0 Å². The number of ether oxygens (including phenoxy) is 1. The van der Waals surface area contributed by atoms with Crippen LogP contribution in [0.1, 0.15) is 63.0 Å². The van der Waals surface area contributed by atoms with Crippen LogP contribution in [-0.2, 0) is 14.3 Å². The van der Waals surface area contributed by atoms with Gasteiger partial charge in [0.15, 0.2) is 0 Å². The van der Waals surface area contributed by atoms with Crippen molar-refractivity contribution in [2.24, 2.45) is 5.92 Å². The van der Waals surface area contributed by atoms with Crippen LogP contribution in [0.15, 0.2) is 48.5 Å². The summed E-state index contributed by atoms with van der Waals surface area (Å²) >= 11 is 0. The number of rotatable bonds is 8. The molecule has 2 aromatic carbocycles. The third-order valence-electron chi connectivity index (χ3n) is 7.28. The first-order valence-electron chi connectivity index (χ1n) is 12.5. The van der Waals surface area contributed by atoms with Gasteiger partial charge in [0.05, 0.1) is 5.92 Å². The standard InChI is InChI=1S/C28H34N2O5/c1-18(8-7-13-26(31)30-15-14-20(27(32)33)16-19(30)2)29-28(34)35-17-25-23-11-5-3-9-21(23)22-10-4-6-12-24(22)25/h3-6,9-12,18-20,25H,7-8,13-17H2,1-2H3,(H,29,34)(H,32,33)/t18?,19-,20-/m1/s1. The number of aliphatic carboxylic acids is 1. The lowest BCUT2D eigenvalue weighted by atomic mass is 9.91. The van der Waals surface area contributed by atoms with E-state index < -0.39 is 12.1 Å². The third kappa shape index (κ3) is 5.66. The van der Waals surface area contributed by atoms with Crippen molar-refractivity contribution >= 4 is 18.0 Å². The second kappa shape index (κ2) is 10.9. The zero-order valence-corrected chi connectivity index (χ0v) is 20.4. The van der Waals surface area contributed by atoms with E-state index in [1.807, 2.05) is 38.1 Å². The van der Waals surface area contributed by atoms with E-state index in [2.05, 4.69) is 29.6 Å². The Morgan fingerprint density at radius 3 is 2.31 bits per heavy atom. The van der Waals surface area contributed by atoms with Crippen LogP contribution in [0.3, 0.4) is 0 Å². The number of carboxylic acids is 1. The number of hydrogen-bond acceptors (Lipinski definition) is 4. The lowest BCUT2D eigenvalue weighted by molar-refractivity contribution is -0.147. The maximum absolute atomic E-state index is 12.6. The van der Waals surface area contributed by atoms with E-state index in [9.17, 15) is 19.5 Å². The lowest BCUT2D eigenvalue weighted by Crippen LogP contribution is -2.46. The molecule has 0 spiro atoms. The van der Waals surface area contributed by atoms with Gasteiger partial charge in [0.2, 0.25) is 5.91 Å². The topological polar surface area (TPSA) is 95.9 Å². The third-order valence-corrected chi connectivity index (χ3v) is 7.28. The highest BCUT2D eigenvalue weighted by molar-refractivity contribution is 5.79. The molecule has 2 aliphatic rings. The number of hydrogen-bond donors (Lipinski definition) is 2.